The predicted octanol–water partition coefficient (Wildman–Crippen LogP) is 1.54. The summed E-state index contributed by atoms with van der Waals surface area (Å²) in [6.07, 6.45) is -1.90. The molecule has 9 heteroatoms. The van der Waals surface area contributed by atoms with E-state index in [4.69, 9.17) is 18.7 Å². The first kappa shape index (κ1) is 16.5. The van der Waals surface area contributed by atoms with Gasteiger partial charge in [0.2, 0.25) is 0 Å². The minimum atomic E-state index is -0.491. The van der Waals surface area contributed by atoms with Gasteiger partial charge in [0.15, 0.2) is 16.9 Å². The van der Waals surface area contributed by atoms with Gasteiger partial charge < -0.3 is 18.7 Å². The van der Waals surface area contributed by atoms with Gasteiger partial charge in [-0.25, -0.2) is 0 Å². The lowest BCUT2D eigenvalue weighted by atomic mass is 9.88. The highest BCUT2D eigenvalue weighted by Gasteiger charge is 2.53. The Bertz CT molecular complexity index is 267. The highest BCUT2D eigenvalue weighted by atomic mass is 31.1. The predicted molar refractivity (Wildman–Crippen MR) is 69.8 cm³/mol. The van der Waals surface area contributed by atoms with Crippen molar-refractivity contribution in [3.8, 4) is 0 Å². The van der Waals surface area contributed by atoms with E-state index in [0.29, 0.717) is 0 Å². The molecule has 7 atom stereocenters. The zero-order valence-electron chi connectivity index (χ0n) is 10.4. The third-order valence-corrected chi connectivity index (χ3v) is 5.19. The van der Waals surface area contributed by atoms with E-state index in [0.717, 1.165) is 0 Å². The van der Waals surface area contributed by atoms with Gasteiger partial charge in [-0.15, -0.1) is 0 Å². The van der Waals surface area contributed by atoms with Crippen LogP contribution in [0.25, 0.3) is 0 Å². The molecular formula is C9H17O6P3. The molecule has 0 aliphatic heterocycles. The van der Waals surface area contributed by atoms with Gasteiger partial charge in [0.05, 0.1) is 17.4 Å². The summed E-state index contributed by atoms with van der Waals surface area (Å²) in [5.41, 5.74) is -0.910. The van der Waals surface area contributed by atoms with Crippen molar-refractivity contribution >= 4 is 26.4 Å². The highest BCUT2D eigenvalue weighted by Crippen LogP contribution is 2.40. The molecule has 1 aliphatic carbocycles. The van der Waals surface area contributed by atoms with E-state index >= 15 is 0 Å². The van der Waals surface area contributed by atoms with Crippen LogP contribution < -0.4 is 0 Å². The fourth-order valence-electron chi connectivity index (χ4n) is 2.37. The lowest BCUT2D eigenvalue weighted by Gasteiger charge is -2.44. The lowest BCUT2D eigenvalue weighted by Crippen LogP contribution is -2.62. The quantitative estimate of drug-likeness (QED) is 0.693. The van der Waals surface area contributed by atoms with Crippen LogP contribution in [0, 0.1) is 0 Å². The molecule has 0 heterocycles. The first-order chi connectivity index (χ1) is 8.69. The standard InChI is InChI=1S/C9H17O6P3/c1-12-5-4(15-16)6(13-2)9(18-11)7(14-3)8(5)17-10/h4-9H,16H2,1-3H3/t4-,5?,6?,7+,8+,9?/m0/s1. The Hall–Kier alpha value is 0.470. The van der Waals surface area contributed by atoms with Gasteiger partial charge in [0.25, 0.3) is 0 Å². The second-order valence-electron chi connectivity index (χ2n) is 3.89. The van der Waals surface area contributed by atoms with Gasteiger partial charge >= 0.3 is 0 Å². The van der Waals surface area contributed by atoms with E-state index in [1.807, 2.05) is 0 Å². The molecule has 0 aromatic heterocycles. The molecule has 0 N–H and O–H groups in total. The Kier molecular flexibility index (Phi) is 7.27. The van der Waals surface area contributed by atoms with Gasteiger partial charge in [-0.3, -0.25) is 9.13 Å². The van der Waals surface area contributed by atoms with E-state index < -0.39 is 35.7 Å². The van der Waals surface area contributed by atoms with E-state index in [1.54, 1.807) is 0 Å². The maximum atomic E-state index is 11.3. The molecule has 1 fully saturated rings. The van der Waals surface area contributed by atoms with Crippen LogP contribution in [0.4, 0.5) is 0 Å². The van der Waals surface area contributed by atoms with Gasteiger partial charge in [0.1, 0.15) is 18.3 Å². The van der Waals surface area contributed by atoms with E-state index in [9.17, 15) is 9.13 Å². The van der Waals surface area contributed by atoms with Crippen molar-refractivity contribution in [1.29, 1.82) is 0 Å². The highest BCUT2D eigenvalue weighted by molar-refractivity contribution is 7.26. The molecule has 0 bridgehead atoms. The average molecular weight is 314 g/mol. The van der Waals surface area contributed by atoms with Crippen LogP contribution in [-0.2, 0) is 27.9 Å². The molecule has 18 heavy (non-hydrogen) atoms. The maximum Gasteiger partial charge on any atom is 0.164 e. The maximum absolute atomic E-state index is 11.3. The van der Waals surface area contributed by atoms with Crippen LogP contribution in [0.5, 0.6) is 0 Å². The Morgan fingerprint density at radius 3 is 1.39 bits per heavy atom. The van der Waals surface area contributed by atoms with Gasteiger partial charge in [-0.2, -0.15) is 0 Å². The third-order valence-electron chi connectivity index (χ3n) is 3.21. The van der Waals surface area contributed by atoms with Crippen LogP contribution in [0.15, 0.2) is 0 Å². The normalized spacial score (nSPS) is 41.3. The van der Waals surface area contributed by atoms with Gasteiger partial charge in [0, 0.05) is 30.8 Å². The van der Waals surface area contributed by atoms with Crippen LogP contribution in [0.3, 0.4) is 0 Å². The number of ether oxygens (including phenoxy) is 3. The average Bonchev–Trinajstić information content (AvgIpc) is 2.43. The summed E-state index contributed by atoms with van der Waals surface area (Å²) in [5.74, 6) is 0. The zero-order valence-corrected chi connectivity index (χ0v) is 13.3. The topological polar surface area (TPSA) is 71.1 Å². The van der Waals surface area contributed by atoms with Crippen LogP contribution >= 0.6 is 26.4 Å². The molecule has 104 valence electrons. The number of hydrogen-bond donors (Lipinski definition) is 0. The van der Waals surface area contributed by atoms with E-state index in [2.05, 4.69) is 9.47 Å². The van der Waals surface area contributed by atoms with Gasteiger partial charge in [-0.1, -0.05) is 0 Å². The number of methoxy groups -OCH3 is 3. The summed E-state index contributed by atoms with van der Waals surface area (Å²) in [6, 6.07) is 0. The second kappa shape index (κ2) is 7.91. The molecule has 0 saturated heterocycles. The molecule has 0 aromatic carbocycles. The van der Waals surface area contributed by atoms with Crippen molar-refractivity contribution in [2.75, 3.05) is 21.3 Å². The monoisotopic (exact) mass is 314 g/mol. The molecule has 1 saturated carbocycles. The van der Waals surface area contributed by atoms with Crippen LogP contribution in [0.1, 0.15) is 0 Å². The Morgan fingerprint density at radius 1 is 0.778 bits per heavy atom. The fourth-order valence-corrected chi connectivity index (χ4v) is 4.49. The molecule has 6 nitrogen and oxygen atoms in total. The zero-order chi connectivity index (χ0) is 13.7. The summed E-state index contributed by atoms with van der Waals surface area (Å²) in [4.78, 5) is 0. The van der Waals surface area contributed by atoms with Crippen molar-refractivity contribution < 1.29 is 27.9 Å². The first-order valence-corrected chi connectivity index (χ1v) is 7.52. The Morgan fingerprint density at radius 2 is 1.17 bits per heavy atom. The molecule has 1 rings (SSSR count). The molecular weight excluding hydrogens is 297 g/mol. The molecule has 4 unspecified atom stereocenters. The van der Waals surface area contributed by atoms with Crippen molar-refractivity contribution in [3.05, 3.63) is 0 Å². The Labute approximate surface area is 112 Å². The van der Waals surface area contributed by atoms with Crippen molar-refractivity contribution in [3.63, 3.8) is 0 Å². The molecule has 0 spiro atoms. The number of hydrogen-bond acceptors (Lipinski definition) is 6. The number of rotatable bonds is 6. The van der Waals surface area contributed by atoms with Crippen LogP contribution in [-0.4, -0.2) is 57.1 Å². The lowest BCUT2D eigenvalue weighted by molar-refractivity contribution is -0.124. The summed E-state index contributed by atoms with van der Waals surface area (Å²) in [6.45, 7) is 0. The molecule has 0 amide bonds. The molecule has 1 aliphatic rings. The molecule has 0 radical (unpaired) electrons. The smallest absolute Gasteiger partial charge is 0.164 e. The van der Waals surface area contributed by atoms with Crippen molar-refractivity contribution in [1.82, 2.24) is 0 Å². The van der Waals surface area contributed by atoms with E-state index in [1.165, 1.54) is 21.3 Å². The summed E-state index contributed by atoms with van der Waals surface area (Å²) in [5, 5.41) is 0. The largest absolute Gasteiger partial charge is 0.379 e. The van der Waals surface area contributed by atoms with E-state index in [-0.39, 0.29) is 16.9 Å². The first-order valence-electron chi connectivity index (χ1n) is 5.28. The molecule has 0 aromatic rings. The minimum Gasteiger partial charge on any atom is -0.379 e. The minimum absolute atomic E-state index is 0.132. The summed E-state index contributed by atoms with van der Waals surface area (Å²) >= 11 is 0. The third kappa shape index (κ3) is 2.96. The van der Waals surface area contributed by atoms with Crippen LogP contribution in [0.2, 0.25) is 0 Å². The summed E-state index contributed by atoms with van der Waals surface area (Å²) in [7, 11) is 6.38. The van der Waals surface area contributed by atoms with Gasteiger partial charge in [-0.05, 0) is 0 Å². The van der Waals surface area contributed by atoms with Crippen molar-refractivity contribution in [2.45, 2.75) is 35.7 Å². The van der Waals surface area contributed by atoms with Crippen molar-refractivity contribution in [2.24, 2.45) is 0 Å². The summed E-state index contributed by atoms with van der Waals surface area (Å²) < 4.78 is 44.0. The SMILES string of the molecule is COC1C(P=O)[C@H](OC)[C@H](P=O)C(OC)[C@@H]1OP. The second-order valence-corrected chi connectivity index (χ2v) is 5.78. The Balaban J connectivity index is 3.14. The fraction of sp³-hybridized carbons (Fsp3) is 1.00.